The number of halogens is 2. The third kappa shape index (κ3) is 2.40. The van der Waals surface area contributed by atoms with E-state index in [4.69, 9.17) is 17.3 Å². The van der Waals surface area contributed by atoms with Gasteiger partial charge in [0.15, 0.2) is 0 Å². The number of hydrogen-bond acceptors (Lipinski definition) is 3. The average molecular weight is 257 g/mol. The summed E-state index contributed by atoms with van der Waals surface area (Å²) in [7, 11) is 0. The molecule has 0 unspecified atom stereocenters. The van der Waals surface area contributed by atoms with Crippen molar-refractivity contribution in [2.45, 2.75) is 6.42 Å². The number of nitrogens with two attached hydrogens (primary N) is 1. The molecule has 0 aliphatic rings. The summed E-state index contributed by atoms with van der Waals surface area (Å²) in [6.07, 6.45) is 0.700. The lowest BCUT2D eigenvalue weighted by Crippen LogP contribution is -2.01. The first-order valence-electron chi connectivity index (χ1n) is 4.82. The fraction of sp³-hybridized carbons (Fsp3) is 0.182. The minimum absolute atomic E-state index is 0.274. The van der Waals surface area contributed by atoms with Gasteiger partial charge in [-0.15, -0.1) is 11.3 Å². The zero-order valence-electron chi connectivity index (χ0n) is 8.41. The fourth-order valence-electron chi connectivity index (χ4n) is 1.36. The highest BCUT2D eigenvalue weighted by Gasteiger charge is 2.10. The molecule has 1 aromatic heterocycles. The second-order valence-corrected chi connectivity index (χ2v) is 4.72. The second kappa shape index (κ2) is 4.91. The van der Waals surface area contributed by atoms with Crippen LogP contribution in [-0.2, 0) is 6.42 Å². The van der Waals surface area contributed by atoms with Crippen LogP contribution in [0.4, 0.5) is 4.39 Å². The fourth-order valence-corrected chi connectivity index (χ4v) is 2.67. The Labute approximate surface area is 102 Å². The van der Waals surface area contributed by atoms with Gasteiger partial charge >= 0.3 is 0 Å². The predicted molar refractivity (Wildman–Crippen MR) is 65.3 cm³/mol. The zero-order chi connectivity index (χ0) is 11.5. The Balaban J connectivity index is 2.37. The maximum Gasteiger partial charge on any atom is 0.143 e. The van der Waals surface area contributed by atoms with E-state index in [0.717, 1.165) is 15.4 Å². The van der Waals surface area contributed by atoms with E-state index in [0.29, 0.717) is 18.1 Å². The molecular formula is C11H10ClFN2S. The highest BCUT2D eigenvalue weighted by atomic mass is 35.5. The van der Waals surface area contributed by atoms with Gasteiger partial charge in [-0.2, -0.15) is 0 Å². The maximum atomic E-state index is 13.0. The van der Waals surface area contributed by atoms with E-state index in [1.54, 1.807) is 6.07 Å². The van der Waals surface area contributed by atoms with Crippen molar-refractivity contribution in [2.24, 2.45) is 5.73 Å². The van der Waals surface area contributed by atoms with E-state index in [-0.39, 0.29) is 5.82 Å². The normalized spacial score (nSPS) is 10.7. The highest BCUT2D eigenvalue weighted by molar-refractivity contribution is 7.15. The summed E-state index contributed by atoms with van der Waals surface area (Å²) in [5.74, 6) is -0.274. The number of nitrogens with zero attached hydrogens (tertiary/aromatic N) is 1. The van der Waals surface area contributed by atoms with E-state index >= 15 is 0 Å². The molecule has 1 aromatic carbocycles. The molecule has 0 bridgehead atoms. The standard InChI is InChI=1S/C11H10ClFN2S/c12-10-9(4-5-14)16-11(15-10)7-2-1-3-8(13)6-7/h1-3,6H,4-5,14H2. The van der Waals surface area contributed by atoms with Crippen LogP contribution in [0.1, 0.15) is 4.88 Å². The monoisotopic (exact) mass is 256 g/mol. The van der Waals surface area contributed by atoms with Crippen molar-refractivity contribution in [3.63, 3.8) is 0 Å². The Morgan fingerprint density at radius 2 is 2.25 bits per heavy atom. The van der Waals surface area contributed by atoms with Crippen LogP contribution < -0.4 is 5.73 Å². The molecule has 16 heavy (non-hydrogen) atoms. The van der Waals surface area contributed by atoms with Crippen molar-refractivity contribution < 1.29 is 4.39 Å². The molecular weight excluding hydrogens is 247 g/mol. The first kappa shape index (κ1) is 11.5. The zero-order valence-corrected chi connectivity index (χ0v) is 9.98. The second-order valence-electron chi connectivity index (χ2n) is 3.28. The van der Waals surface area contributed by atoms with Crippen molar-refractivity contribution in [3.8, 4) is 10.6 Å². The molecule has 0 fully saturated rings. The highest BCUT2D eigenvalue weighted by Crippen LogP contribution is 2.31. The number of hydrogen-bond donors (Lipinski definition) is 1. The molecule has 2 rings (SSSR count). The van der Waals surface area contributed by atoms with Gasteiger partial charge in [-0.05, 0) is 25.1 Å². The summed E-state index contributed by atoms with van der Waals surface area (Å²) < 4.78 is 13.0. The lowest BCUT2D eigenvalue weighted by atomic mass is 10.2. The third-order valence-electron chi connectivity index (χ3n) is 2.09. The van der Waals surface area contributed by atoms with Crippen LogP contribution in [0.25, 0.3) is 10.6 Å². The SMILES string of the molecule is NCCc1sc(-c2cccc(F)c2)nc1Cl. The molecule has 0 amide bonds. The quantitative estimate of drug-likeness (QED) is 0.917. The van der Waals surface area contributed by atoms with Crippen LogP contribution in [0, 0.1) is 5.82 Å². The van der Waals surface area contributed by atoms with Gasteiger partial charge < -0.3 is 5.73 Å². The van der Waals surface area contributed by atoms with Gasteiger partial charge in [0.1, 0.15) is 16.0 Å². The van der Waals surface area contributed by atoms with E-state index in [2.05, 4.69) is 4.98 Å². The first-order chi connectivity index (χ1) is 7.70. The largest absolute Gasteiger partial charge is 0.330 e. The maximum absolute atomic E-state index is 13.0. The van der Waals surface area contributed by atoms with Crippen LogP contribution in [0.5, 0.6) is 0 Å². The van der Waals surface area contributed by atoms with Gasteiger partial charge in [0.25, 0.3) is 0 Å². The Kier molecular flexibility index (Phi) is 3.53. The van der Waals surface area contributed by atoms with E-state index < -0.39 is 0 Å². The van der Waals surface area contributed by atoms with Gasteiger partial charge in [0.05, 0.1) is 0 Å². The summed E-state index contributed by atoms with van der Waals surface area (Å²) in [4.78, 5) is 5.15. The van der Waals surface area contributed by atoms with Crippen LogP contribution in [0.3, 0.4) is 0 Å². The molecule has 84 valence electrons. The smallest absolute Gasteiger partial charge is 0.143 e. The van der Waals surface area contributed by atoms with Crippen molar-refractivity contribution in [1.82, 2.24) is 4.98 Å². The Morgan fingerprint density at radius 3 is 2.94 bits per heavy atom. The molecule has 5 heteroatoms. The topological polar surface area (TPSA) is 38.9 Å². The minimum Gasteiger partial charge on any atom is -0.330 e. The number of aromatic nitrogens is 1. The van der Waals surface area contributed by atoms with Gasteiger partial charge in [0.2, 0.25) is 0 Å². The summed E-state index contributed by atoms with van der Waals surface area (Å²) in [6, 6.07) is 6.31. The number of thiazole rings is 1. The Morgan fingerprint density at radius 1 is 1.44 bits per heavy atom. The molecule has 0 radical (unpaired) electrons. The summed E-state index contributed by atoms with van der Waals surface area (Å²) in [6.45, 7) is 0.532. The molecule has 0 aliphatic heterocycles. The van der Waals surface area contributed by atoms with Gasteiger partial charge in [-0.3, -0.25) is 0 Å². The predicted octanol–water partition coefficient (Wildman–Crippen LogP) is 3.10. The van der Waals surface area contributed by atoms with Crippen molar-refractivity contribution >= 4 is 22.9 Å². The Bertz CT molecular complexity index is 498. The lowest BCUT2D eigenvalue weighted by molar-refractivity contribution is 0.628. The summed E-state index contributed by atoms with van der Waals surface area (Å²) in [5.41, 5.74) is 6.21. The Hall–Kier alpha value is -0.970. The molecule has 2 aromatic rings. The van der Waals surface area contributed by atoms with Gasteiger partial charge in [-0.25, -0.2) is 9.37 Å². The molecule has 0 saturated carbocycles. The molecule has 0 atom stereocenters. The van der Waals surface area contributed by atoms with Crippen LogP contribution >= 0.6 is 22.9 Å². The van der Waals surface area contributed by atoms with Crippen molar-refractivity contribution in [1.29, 1.82) is 0 Å². The summed E-state index contributed by atoms with van der Waals surface area (Å²) in [5, 5.41) is 1.20. The molecule has 0 aliphatic carbocycles. The molecule has 2 nitrogen and oxygen atoms in total. The van der Waals surface area contributed by atoms with E-state index in [1.807, 2.05) is 6.07 Å². The van der Waals surface area contributed by atoms with E-state index in [9.17, 15) is 4.39 Å². The van der Waals surface area contributed by atoms with Gasteiger partial charge in [0, 0.05) is 10.4 Å². The van der Waals surface area contributed by atoms with Crippen LogP contribution in [0.15, 0.2) is 24.3 Å². The van der Waals surface area contributed by atoms with Crippen molar-refractivity contribution in [3.05, 3.63) is 40.1 Å². The van der Waals surface area contributed by atoms with Crippen LogP contribution in [0.2, 0.25) is 5.15 Å². The molecule has 0 spiro atoms. The van der Waals surface area contributed by atoms with Gasteiger partial charge in [-0.1, -0.05) is 23.7 Å². The average Bonchev–Trinajstić information content (AvgIpc) is 2.61. The number of rotatable bonds is 3. The molecule has 0 saturated heterocycles. The first-order valence-corrected chi connectivity index (χ1v) is 6.01. The molecule has 2 N–H and O–H groups in total. The third-order valence-corrected chi connectivity index (χ3v) is 3.68. The van der Waals surface area contributed by atoms with Crippen LogP contribution in [-0.4, -0.2) is 11.5 Å². The summed E-state index contributed by atoms with van der Waals surface area (Å²) >= 11 is 7.42. The van der Waals surface area contributed by atoms with E-state index in [1.165, 1.54) is 23.5 Å². The van der Waals surface area contributed by atoms with Crippen molar-refractivity contribution in [2.75, 3.05) is 6.54 Å². The lowest BCUT2D eigenvalue weighted by Gasteiger charge is -1.94. The minimum atomic E-state index is -0.274. The molecule has 1 heterocycles. The number of benzene rings is 1.